The molecule has 24 heavy (non-hydrogen) atoms. The molecule has 1 aliphatic rings. The normalized spacial score (nSPS) is 16.3. The number of hydrogen-bond acceptors (Lipinski definition) is 4. The van der Waals surface area contributed by atoms with Gasteiger partial charge in [-0.25, -0.2) is 0 Å². The first-order chi connectivity index (χ1) is 11.7. The van der Waals surface area contributed by atoms with Crippen LogP contribution >= 0.6 is 24.0 Å². The first-order valence-corrected chi connectivity index (χ1v) is 8.63. The number of rotatable bonds is 2. The molecule has 0 spiro atoms. The Labute approximate surface area is 149 Å². The first-order valence-electron chi connectivity index (χ1n) is 7.40. The lowest BCUT2D eigenvalue weighted by Crippen LogP contribution is -2.27. The molecule has 1 amide bonds. The van der Waals surface area contributed by atoms with Crippen LogP contribution in [0.1, 0.15) is 5.56 Å². The van der Waals surface area contributed by atoms with Gasteiger partial charge in [-0.1, -0.05) is 54.3 Å². The number of carbonyl (C=O) groups excluding carboxylic acids is 1. The average Bonchev–Trinajstić information content (AvgIpc) is 2.89. The Morgan fingerprint density at radius 2 is 1.88 bits per heavy atom. The molecule has 0 aliphatic carbocycles. The molecule has 0 radical (unpaired) electrons. The van der Waals surface area contributed by atoms with E-state index in [2.05, 4.69) is 4.98 Å². The zero-order valence-electron chi connectivity index (χ0n) is 12.5. The van der Waals surface area contributed by atoms with Crippen molar-refractivity contribution in [2.24, 2.45) is 0 Å². The molecule has 0 unspecified atom stereocenters. The van der Waals surface area contributed by atoms with Crippen LogP contribution in [0.3, 0.4) is 0 Å². The van der Waals surface area contributed by atoms with Gasteiger partial charge in [-0.2, -0.15) is 0 Å². The summed E-state index contributed by atoms with van der Waals surface area (Å²) in [5.41, 5.74) is 2.70. The molecule has 1 aliphatic heterocycles. The van der Waals surface area contributed by atoms with E-state index in [4.69, 9.17) is 12.2 Å². The van der Waals surface area contributed by atoms with Crippen molar-refractivity contribution in [3.05, 3.63) is 77.3 Å². The first kappa shape index (κ1) is 15.1. The molecule has 5 heteroatoms. The number of amides is 1. The van der Waals surface area contributed by atoms with Crippen LogP contribution < -0.4 is 4.90 Å². The standard InChI is InChI=1S/C19H12N2OS2/c22-18-17(24-19(23)21(18)15-6-2-1-3-7-15)12-13-8-9-16-14(11-13)5-4-10-20-16/h1-12H. The van der Waals surface area contributed by atoms with Crippen LogP contribution in [0.15, 0.2) is 71.8 Å². The fourth-order valence-electron chi connectivity index (χ4n) is 2.60. The van der Waals surface area contributed by atoms with Gasteiger partial charge in [-0.15, -0.1) is 0 Å². The third kappa shape index (κ3) is 2.72. The number of carbonyl (C=O) groups is 1. The van der Waals surface area contributed by atoms with E-state index in [0.717, 1.165) is 22.2 Å². The Bertz CT molecular complexity index is 983. The predicted molar refractivity (Wildman–Crippen MR) is 104 cm³/mol. The third-order valence-corrected chi connectivity index (χ3v) is 5.04. The Morgan fingerprint density at radius 1 is 1.04 bits per heavy atom. The maximum Gasteiger partial charge on any atom is 0.270 e. The van der Waals surface area contributed by atoms with Crippen LogP contribution in [0.2, 0.25) is 0 Å². The highest BCUT2D eigenvalue weighted by Gasteiger charge is 2.33. The van der Waals surface area contributed by atoms with Crippen molar-refractivity contribution in [2.75, 3.05) is 4.90 Å². The second-order valence-electron chi connectivity index (χ2n) is 5.31. The number of fused-ring (bicyclic) bond motifs is 1. The SMILES string of the molecule is O=C1C(=Cc2ccc3ncccc3c2)SC(=S)N1c1ccccc1. The highest BCUT2D eigenvalue weighted by atomic mass is 32.2. The number of nitrogens with zero attached hydrogens (tertiary/aromatic N) is 2. The largest absolute Gasteiger partial charge is 0.270 e. The fraction of sp³-hybridized carbons (Fsp3) is 0. The van der Waals surface area contributed by atoms with Gasteiger partial charge >= 0.3 is 0 Å². The summed E-state index contributed by atoms with van der Waals surface area (Å²) in [5.74, 6) is -0.0810. The van der Waals surface area contributed by atoms with E-state index in [0.29, 0.717) is 9.23 Å². The van der Waals surface area contributed by atoms with Crippen LogP contribution in [-0.2, 0) is 4.79 Å². The van der Waals surface area contributed by atoms with Crippen LogP contribution in [0, 0.1) is 0 Å². The fourth-order valence-corrected chi connectivity index (χ4v) is 3.90. The summed E-state index contributed by atoms with van der Waals surface area (Å²) in [4.78, 5) is 19.2. The lowest BCUT2D eigenvalue weighted by Gasteiger charge is -2.13. The topological polar surface area (TPSA) is 33.2 Å². The molecule has 2 aromatic carbocycles. The van der Waals surface area contributed by atoms with Gasteiger partial charge in [0.1, 0.15) is 0 Å². The van der Waals surface area contributed by atoms with Gasteiger partial charge in [0.05, 0.1) is 16.1 Å². The monoisotopic (exact) mass is 348 g/mol. The molecule has 0 bridgehead atoms. The van der Waals surface area contributed by atoms with Gasteiger partial charge in [0.15, 0.2) is 4.32 Å². The summed E-state index contributed by atoms with van der Waals surface area (Å²) in [6.07, 6.45) is 3.65. The molecule has 0 saturated carbocycles. The molecule has 0 atom stereocenters. The van der Waals surface area contributed by atoms with Crippen molar-refractivity contribution in [1.82, 2.24) is 4.98 Å². The van der Waals surface area contributed by atoms with Crippen molar-refractivity contribution < 1.29 is 4.79 Å². The summed E-state index contributed by atoms with van der Waals surface area (Å²) in [5, 5.41) is 1.05. The van der Waals surface area contributed by atoms with Gasteiger partial charge in [0.25, 0.3) is 5.91 Å². The van der Waals surface area contributed by atoms with E-state index in [-0.39, 0.29) is 5.91 Å². The Hall–Kier alpha value is -2.50. The summed E-state index contributed by atoms with van der Waals surface area (Å²) < 4.78 is 0.555. The Balaban J connectivity index is 1.70. The van der Waals surface area contributed by atoms with Crippen molar-refractivity contribution in [2.45, 2.75) is 0 Å². The smallest absolute Gasteiger partial charge is 0.268 e. The number of pyridine rings is 1. The number of aromatic nitrogens is 1. The third-order valence-electron chi connectivity index (χ3n) is 3.73. The second kappa shape index (κ2) is 6.19. The summed E-state index contributed by atoms with van der Waals surface area (Å²) in [6.45, 7) is 0. The molecule has 4 rings (SSSR count). The molecular formula is C19H12N2OS2. The molecule has 1 fully saturated rings. The van der Waals surface area contributed by atoms with Gasteiger partial charge < -0.3 is 0 Å². The van der Waals surface area contributed by atoms with E-state index in [1.807, 2.05) is 66.7 Å². The number of thiocarbonyl (C=S) groups is 1. The minimum Gasteiger partial charge on any atom is -0.268 e. The van der Waals surface area contributed by atoms with Crippen LogP contribution in [0.4, 0.5) is 5.69 Å². The predicted octanol–water partition coefficient (Wildman–Crippen LogP) is 4.64. The lowest BCUT2D eigenvalue weighted by molar-refractivity contribution is -0.113. The number of para-hydroxylation sites is 1. The van der Waals surface area contributed by atoms with E-state index in [9.17, 15) is 4.79 Å². The van der Waals surface area contributed by atoms with Crippen molar-refractivity contribution in [1.29, 1.82) is 0 Å². The molecular weight excluding hydrogens is 336 g/mol. The van der Waals surface area contributed by atoms with Gasteiger partial charge in [0, 0.05) is 11.6 Å². The molecule has 2 heterocycles. The molecule has 3 nitrogen and oxygen atoms in total. The summed E-state index contributed by atoms with van der Waals surface area (Å²) in [7, 11) is 0. The Kier molecular flexibility index (Phi) is 3.88. The molecule has 1 saturated heterocycles. The minimum atomic E-state index is -0.0810. The molecule has 1 aromatic heterocycles. The molecule has 3 aromatic rings. The van der Waals surface area contributed by atoms with Crippen molar-refractivity contribution in [3.63, 3.8) is 0 Å². The van der Waals surface area contributed by atoms with E-state index in [1.165, 1.54) is 11.8 Å². The zero-order chi connectivity index (χ0) is 16.5. The van der Waals surface area contributed by atoms with E-state index >= 15 is 0 Å². The van der Waals surface area contributed by atoms with Crippen LogP contribution in [0.5, 0.6) is 0 Å². The van der Waals surface area contributed by atoms with Crippen LogP contribution in [0.25, 0.3) is 17.0 Å². The minimum absolute atomic E-state index is 0.0810. The average molecular weight is 348 g/mol. The zero-order valence-corrected chi connectivity index (χ0v) is 14.2. The molecule has 116 valence electrons. The highest BCUT2D eigenvalue weighted by Crippen LogP contribution is 2.36. The van der Waals surface area contributed by atoms with Gasteiger partial charge in [-0.3, -0.25) is 14.7 Å². The van der Waals surface area contributed by atoms with Gasteiger partial charge in [-0.05, 0) is 42.0 Å². The number of hydrogen-bond donors (Lipinski definition) is 0. The summed E-state index contributed by atoms with van der Waals surface area (Å²) >= 11 is 6.72. The summed E-state index contributed by atoms with van der Waals surface area (Å²) in [6, 6.07) is 19.3. The maximum atomic E-state index is 12.7. The van der Waals surface area contributed by atoms with Crippen molar-refractivity contribution >= 4 is 56.9 Å². The van der Waals surface area contributed by atoms with E-state index < -0.39 is 0 Å². The lowest BCUT2D eigenvalue weighted by atomic mass is 10.1. The maximum absolute atomic E-state index is 12.7. The highest BCUT2D eigenvalue weighted by molar-refractivity contribution is 8.27. The Morgan fingerprint density at radius 3 is 2.71 bits per heavy atom. The van der Waals surface area contributed by atoms with Crippen LogP contribution in [-0.4, -0.2) is 15.2 Å². The quantitative estimate of drug-likeness (QED) is 0.499. The molecule has 0 N–H and O–H groups in total. The second-order valence-corrected chi connectivity index (χ2v) is 6.98. The van der Waals surface area contributed by atoms with E-state index in [1.54, 1.807) is 11.1 Å². The van der Waals surface area contributed by atoms with Crippen molar-refractivity contribution in [3.8, 4) is 0 Å². The number of anilines is 1. The number of benzene rings is 2. The number of thioether (sulfide) groups is 1. The van der Waals surface area contributed by atoms with Gasteiger partial charge in [0.2, 0.25) is 0 Å².